The van der Waals surface area contributed by atoms with Crippen LogP contribution in [0.25, 0.3) is 10.9 Å². The van der Waals surface area contributed by atoms with Crippen molar-refractivity contribution in [1.29, 1.82) is 0 Å². The molecule has 28 heavy (non-hydrogen) atoms. The van der Waals surface area contributed by atoms with Crippen LogP contribution in [0, 0.1) is 6.92 Å². The van der Waals surface area contributed by atoms with E-state index >= 15 is 0 Å². The van der Waals surface area contributed by atoms with E-state index in [0.717, 1.165) is 42.6 Å². The molecule has 1 aliphatic carbocycles. The van der Waals surface area contributed by atoms with Gasteiger partial charge in [-0.2, -0.15) is 0 Å². The van der Waals surface area contributed by atoms with Gasteiger partial charge in [0, 0.05) is 43.7 Å². The molecule has 1 aromatic heterocycles. The van der Waals surface area contributed by atoms with Crippen LogP contribution in [-0.2, 0) is 4.79 Å². The van der Waals surface area contributed by atoms with E-state index in [1.54, 1.807) is 6.07 Å². The molecule has 8 heteroatoms. The zero-order chi connectivity index (χ0) is 20.2. The molecule has 2 fully saturated rings. The number of aromatic nitrogens is 1. The standard InChI is InChI=1S/C20H24N4O4/c1-10-17-14(19(26)15(20(27)28)9-24(17)13-3-4-13)7-16(21)18(10)23-6-5-12(8-23)22-11(2)25/h7,9,12-13H,3-6,8,21H2,1-2H3,(H,22,25)(H,27,28). The highest BCUT2D eigenvalue weighted by Crippen LogP contribution is 2.41. The number of nitrogens with one attached hydrogen (secondary N) is 1. The Balaban J connectivity index is 1.87. The number of carbonyl (C=O) groups excluding carboxylic acids is 1. The fourth-order valence-corrected chi connectivity index (χ4v) is 4.32. The Hall–Kier alpha value is -3.03. The lowest BCUT2D eigenvalue weighted by atomic mass is 10.0. The largest absolute Gasteiger partial charge is 0.477 e. The number of aryl methyl sites for hydroxylation is 1. The number of hydrogen-bond acceptors (Lipinski definition) is 5. The number of pyridine rings is 1. The average Bonchev–Trinajstić information content (AvgIpc) is 3.36. The second-order valence-electron chi connectivity index (χ2n) is 7.78. The Morgan fingerprint density at radius 3 is 2.61 bits per heavy atom. The van der Waals surface area contributed by atoms with Gasteiger partial charge < -0.3 is 25.6 Å². The Kier molecular flexibility index (Phi) is 4.28. The Labute approximate surface area is 161 Å². The zero-order valence-electron chi connectivity index (χ0n) is 16.0. The first-order valence-corrected chi connectivity index (χ1v) is 9.51. The van der Waals surface area contributed by atoms with Crippen molar-refractivity contribution in [2.75, 3.05) is 23.7 Å². The summed E-state index contributed by atoms with van der Waals surface area (Å²) in [6.45, 7) is 4.84. The second kappa shape index (κ2) is 6.54. The Morgan fingerprint density at radius 1 is 1.29 bits per heavy atom. The van der Waals surface area contributed by atoms with Gasteiger partial charge in [-0.05, 0) is 37.8 Å². The van der Waals surface area contributed by atoms with Crippen LogP contribution in [0.1, 0.15) is 48.1 Å². The van der Waals surface area contributed by atoms with Gasteiger partial charge in [0.05, 0.1) is 16.9 Å². The summed E-state index contributed by atoms with van der Waals surface area (Å²) < 4.78 is 1.93. The first kappa shape index (κ1) is 18.3. The fraction of sp³-hybridized carbons (Fsp3) is 0.450. The van der Waals surface area contributed by atoms with Crippen molar-refractivity contribution in [3.05, 3.63) is 33.6 Å². The van der Waals surface area contributed by atoms with Crippen molar-refractivity contribution in [1.82, 2.24) is 9.88 Å². The van der Waals surface area contributed by atoms with E-state index in [9.17, 15) is 19.5 Å². The maximum atomic E-state index is 12.8. The highest BCUT2D eigenvalue weighted by molar-refractivity contribution is 5.98. The molecule has 1 aromatic carbocycles. The highest BCUT2D eigenvalue weighted by Gasteiger charge is 2.31. The number of aromatic carboxylic acids is 1. The number of carbonyl (C=O) groups is 2. The van der Waals surface area contributed by atoms with Crippen molar-refractivity contribution in [2.45, 2.75) is 45.2 Å². The topological polar surface area (TPSA) is 118 Å². The predicted octanol–water partition coefficient (Wildman–Crippen LogP) is 1.64. The minimum Gasteiger partial charge on any atom is -0.477 e. The van der Waals surface area contributed by atoms with Gasteiger partial charge in [-0.1, -0.05) is 0 Å². The number of amides is 1. The number of rotatable bonds is 4. The quantitative estimate of drug-likeness (QED) is 0.690. The van der Waals surface area contributed by atoms with Crippen molar-refractivity contribution in [2.24, 2.45) is 0 Å². The lowest BCUT2D eigenvalue weighted by molar-refractivity contribution is -0.119. The summed E-state index contributed by atoms with van der Waals surface area (Å²) in [4.78, 5) is 37.8. The molecule has 1 saturated heterocycles. The van der Waals surface area contributed by atoms with E-state index in [2.05, 4.69) is 10.2 Å². The molecule has 2 aliphatic rings. The van der Waals surface area contributed by atoms with Gasteiger partial charge in [0.25, 0.3) is 0 Å². The number of nitrogens with zero attached hydrogens (tertiary/aromatic N) is 2. The molecule has 8 nitrogen and oxygen atoms in total. The molecular formula is C20H24N4O4. The minimum absolute atomic E-state index is 0.0566. The van der Waals surface area contributed by atoms with E-state index in [1.165, 1.54) is 13.1 Å². The second-order valence-corrected chi connectivity index (χ2v) is 7.78. The van der Waals surface area contributed by atoms with Gasteiger partial charge >= 0.3 is 5.97 Å². The number of hydrogen-bond donors (Lipinski definition) is 3. The maximum absolute atomic E-state index is 12.8. The van der Waals surface area contributed by atoms with Gasteiger partial charge in [0.1, 0.15) is 5.56 Å². The third kappa shape index (κ3) is 2.98. The van der Waals surface area contributed by atoms with Crippen LogP contribution in [-0.4, -0.2) is 40.7 Å². The molecule has 0 bridgehead atoms. The molecule has 1 unspecified atom stereocenters. The molecule has 4 rings (SSSR count). The van der Waals surface area contributed by atoms with E-state index in [1.807, 2.05) is 11.5 Å². The Bertz CT molecular complexity index is 1050. The van der Waals surface area contributed by atoms with E-state index in [-0.39, 0.29) is 23.6 Å². The monoisotopic (exact) mass is 384 g/mol. The lowest BCUT2D eigenvalue weighted by Crippen LogP contribution is -2.35. The normalized spacial score (nSPS) is 19.2. The molecule has 1 saturated carbocycles. The highest BCUT2D eigenvalue weighted by atomic mass is 16.4. The van der Waals surface area contributed by atoms with Crippen LogP contribution >= 0.6 is 0 Å². The van der Waals surface area contributed by atoms with Crippen LogP contribution in [0.2, 0.25) is 0 Å². The molecule has 4 N–H and O–H groups in total. The van der Waals surface area contributed by atoms with E-state index in [0.29, 0.717) is 17.6 Å². The molecule has 1 aliphatic heterocycles. The van der Waals surface area contributed by atoms with Crippen molar-refractivity contribution >= 4 is 34.2 Å². The van der Waals surface area contributed by atoms with E-state index in [4.69, 9.17) is 5.73 Å². The summed E-state index contributed by atoms with van der Waals surface area (Å²) in [6.07, 6.45) is 4.22. The SMILES string of the molecule is CC(=O)NC1CCN(c2c(N)cc3c(=O)c(C(=O)O)cn(C4CC4)c3c2C)C1. The van der Waals surface area contributed by atoms with Gasteiger partial charge in [0.2, 0.25) is 11.3 Å². The maximum Gasteiger partial charge on any atom is 0.341 e. The molecule has 2 heterocycles. The smallest absolute Gasteiger partial charge is 0.341 e. The number of anilines is 2. The lowest BCUT2D eigenvalue weighted by Gasteiger charge is -2.25. The number of nitrogens with two attached hydrogens (primary N) is 1. The molecule has 0 spiro atoms. The number of carboxylic acids is 1. The fourth-order valence-electron chi connectivity index (χ4n) is 4.32. The number of fused-ring (bicyclic) bond motifs is 1. The molecule has 1 atom stereocenters. The van der Waals surface area contributed by atoms with Crippen molar-refractivity contribution in [3.63, 3.8) is 0 Å². The summed E-state index contributed by atoms with van der Waals surface area (Å²) in [5, 5.41) is 12.7. The van der Waals surface area contributed by atoms with Crippen LogP contribution < -0.4 is 21.4 Å². The van der Waals surface area contributed by atoms with Gasteiger partial charge in [-0.25, -0.2) is 4.79 Å². The van der Waals surface area contributed by atoms with Crippen LogP contribution in [0.15, 0.2) is 17.1 Å². The zero-order valence-corrected chi connectivity index (χ0v) is 16.0. The van der Waals surface area contributed by atoms with Crippen LogP contribution in [0.4, 0.5) is 11.4 Å². The first-order chi connectivity index (χ1) is 13.3. The third-order valence-electron chi connectivity index (χ3n) is 5.64. The third-order valence-corrected chi connectivity index (χ3v) is 5.64. The summed E-state index contributed by atoms with van der Waals surface area (Å²) in [6, 6.07) is 1.88. The van der Waals surface area contributed by atoms with Crippen molar-refractivity contribution in [3.8, 4) is 0 Å². The molecule has 148 valence electrons. The number of benzene rings is 1. The predicted molar refractivity (Wildman–Crippen MR) is 107 cm³/mol. The number of carboxylic acid groups (broad SMARTS) is 1. The van der Waals surface area contributed by atoms with Crippen LogP contribution in [0.3, 0.4) is 0 Å². The van der Waals surface area contributed by atoms with Crippen LogP contribution in [0.5, 0.6) is 0 Å². The molecule has 2 aromatic rings. The molecular weight excluding hydrogens is 360 g/mol. The first-order valence-electron chi connectivity index (χ1n) is 9.51. The summed E-state index contributed by atoms with van der Waals surface area (Å²) >= 11 is 0. The number of nitrogen functional groups attached to an aromatic ring is 1. The van der Waals surface area contributed by atoms with E-state index < -0.39 is 11.4 Å². The summed E-state index contributed by atoms with van der Waals surface area (Å²) in [5.74, 6) is -1.28. The summed E-state index contributed by atoms with van der Waals surface area (Å²) in [7, 11) is 0. The molecule has 0 radical (unpaired) electrons. The Morgan fingerprint density at radius 2 is 2.00 bits per heavy atom. The van der Waals surface area contributed by atoms with Gasteiger partial charge in [-0.15, -0.1) is 0 Å². The minimum atomic E-state index is -1.22. The van der Waals surface area contributed by atoms with Gasteiger partial charge in [-0.3, -0.25) is 9.59 Å². The average molecular weight is 384 g/mol. The van der Waals surface area contributed by atoms with Gasteiger partial charge in [0.15, 0.2) is 0 Å². The van der Waals surface area contributed by atoms with Crippen molar-refractivity contribution < 1.29 is 14.7 Å². The summed E-state index contributed by atoms with van der Waals surface area (Å²) in [5.41, 5.74) is 8.54. The molecule has 1 amide bonds.